The third-order valence-electron chi connectivity index (χ3n) is 1.76. The fraction of sp³-hybridized carbons (Fsp3) is 0.375. The summed E-state index contributed by atoms with van der Waals surface area (Å²) in [5.74, 6) is -1.14. The van der Waals surface area contributed by atoms with Crippen molar-refractivity contribution in [3.8, 4) is 0 Å². The molecule has 0 aliphatic heterocycles. The average Bonchev–Trinajstić information content (AvgIpc) is 2.67. The van der Waals surface area contributed by atoms with Crippen molar-refractivity contribution < 1.29 is 18.3 Å². The third kappa shape index (κ3) is 3.27. The Morgan fingerprint density at radius 2 is 2.25 bits per heavy atom. The summed E-state index contributed by atoms with van der Waals surface area (Å²) in [6.45, 7) is 0.645. The van der Waals surface area contributed by atoms with Gasteiger partial charge in [0.1, 0.15) is 4.21 Å². The summed E-state index contributed by atoms with van der Waals surface area (Å²) in [7, 11) is -3.60. The summed E-state index contributed by atoms with van der Waals surface area (Å²) in [6, 6.07) is 1.14. The molecule has 16 heavy (non-hydrogen) atoms. The van der Waals surface area contributed by atoms with Crippen molar-refractivity contribution in [2.45, 2.75) is 10.6 Å². The second-order valence-electron chi connectivity index (χ2n) is 3.00. The molecule has 0 unspecified atom stereocenters. The zero-order chi connectivity index (χ0) is 12.2. The first-order valence-corrected chi connectivity index (χ1v) is 6.85. The molecule has 1 heterocycles. The van der Waals surface area contributed by atoms with Gasteiger partial charge < -0.3 is 10.8 Å². The number of nitrogens with one attached hydrogen (secondary N) is 1. The average molecular weight is 264 g/mol. The molecule has 0 spiro atoms. The Kier molecular flexibility index (Phi) is 4.42. The van der Waals surface area contributed by atoms with Crippen molar-refractivity contribution in [3.63, 3.8) is 0 Å². The molecule has 90 valence electrons. The van der Waals surface area contributed by atoms with E-state index in [1.54, 1.807) is 0 Å². The normalized spacial score (nSPS) is 11.6. The molecule has 0 bridgehead atoms. The van der Waals surface area contributed by atoms with Crippen LogP contribution >= 0.6 is 11.3 Å². The van der Waals surface area contributed by atoms with E-state index >= 15 is 0 Å². The predicted octanol–water partition coefficient (Wildman–Crippen LogP) is 0.0734. The van der Waals surface area contributed by atoms with Crippen LogP contribution in [0.3, 0.4) is 0 Å². The Balaban J connectivity index is 2.78. The number of hydrogen-bond donors (Lipinski definition) is 3. The van der Waals surface area contributed by atoms with Gasteiger partial charge in [0.05, 0.1) is 5.56 Å². The molecule has 0 fully saturated rings. The van der Waals surface area contributed by atoms with E-state index < -0.39 is 16.0 Å². The number of carboxylic acids is 1. The third-order valence-corrected chi connectivity index (χ3v) is 4.66. The van der Waals surface area contributed by atoms with Crippen LogP contribution in [0.2, 0.25) is 0 Å². The largest absolute Gasteiger partial charge is 0.478 e. The molecule has 0 aliphatic rings. The molecule has 0 atom stereocenters. The predicted molar refractivity (Wildman–Crippen MR) is 60.1 cm³/mol. The maximum atomic E-state index is 11.6. The molecular formula is C8H12N2O4S2. The Labute approximate surface area is 97.1 Å². The van der Waals surface area contributed by atoms with Crippen LogP contribution < -0.4 is 10.5 Å². The molecule has 0 aromatic carbocycles. The van der Waals surface area contributed by atoms with Crippen molar-refractivity contribution in [2.75, 3.05) is 13.1 Å². The van der Waals surface area contributed by atoms with Crippen LogP contribution in [0.1, 0.15) is 16.8 Å². The first-order chi connectivity index (χ1) is 7.47. The lowest BCUT2D eigenvalue weighted by Crippen LogP contribution is -2.25. The number of aromatic carboxylic acids is 1. The van der Waals surface area contributed by atoms with Crippen LogP contribution in [0.15, 0.2) is 15.7 Å². The van der Waals surface area contributed by atoms with Crippen molar-refractivity contribution in [3.05, 3.63) is 17.0 Å². The molecular weight excluding hydrogens is 252 g/mol. The van der Waals surface area contributed by atoms with Crippen LogP contribution in [0.4, 0.5) is 0 Å². The van der Waals surface area contributed by atoms with E-state index in [-0.39, 0.29) is 16.3 Å². The topological polar surface area (TPSA) is 109 Å². The zero-order valence-electron chi connectivity index (χ0n) is 8.34. The summed E-state index contributed by atoms with van der Waals surface area (Å²) in [5, 5.41) is 9.94. The van der Waals surface area contributed by atoms with Crippen molar-refractivity contribution >= 4 is 27.3 Å². The first kappa shape index (κ1) is 13.1. The van der Waals surface area contributed by atoms with Gasteiger partial charge in [-0.15, -0.1) is 11.3 Å². The molecule has 0 saturated carbocycles. The van der Waals surface area contributed by atoms with Gasteiger partial charge in [0.15, 0.2) is 0 Å². The smallest absolute Gasteiger partial charge is 0.336 e. The molecule has 4 N–H and O–H groups in total. The molecule has 1 aromatic heterocycles. The Morgan fingerprint density at radius 3 is 2.75 bits per heavy atom. The van der Waals surface area contributed by atoms with Crippen molar-refractivity contribution in [1.29, 1.82) is 0 Å². The Morgan fingerprint density at radius 1 is 1.56 bits per heavy atom. The number of carbonyl (C=O) groups is 1. The van der Waals surface area contributed by atoms with Gasteiger partial charge in [-0.2, -0.15) is 0 Å². The maximum absolute atomic E-state index is 11.6. The molecule has 0 aliphatic carbocycles. The van der Waals surface area contributed by atoms with E-state index in [4.69, 9.17) is 10.8 Å². The number of hydrogen-bond acceptors (Lipinski definition) is 5. The van der Waals surface area contributed by atoms with E-state index in [1.807, 2.05) is 0 Å². The second-order valence-corrected chi connectivity index (χ2v) is 5.90. The lowest BCUT2D eigenvalue weighted by Gasteiger charge is -2.02. The highest BCUT2D eigenvalue weighted by molar-refractivity contribution is 7.91. The molecule has 8 heteroatoms. The number of rotatable bonds is 6. The lowest BCUT2D eigenvalue weighted by atomic mass is 10.4. The molecule has 1 aromatic rings. The van der Waals surface area contributed by atoms with Gasteiger partial charge in [-0.3, -0.25) is 0 Å². The van der Waals surface area contributed by atoms with Crippen LogP contribution in [0.25, 0.3) is 0 Å². The van der Waals surface area contributed by atoms with Gasteiger partial charge in [0, 0.05) is 11.9 Å². The highest BCUT2D eigenvalue weighted by atomic mass is 32.2. The second kappa shape index (κ2) is 5.39. The summed E-state index contributed by atoms with van der Waals surface area (Å²) in [5.41, 5.74) is 5.21. The van der Waals surface area contributed by atoms with Crippen LogP contribution in [0.5, 0.6) is 0 Å². The Bertz CT molecular complexity index is 466. The number of carboxylic acid groups (broad SMARTS) is 1. The molecule has 1 rings (SSSR count). The van der Waals surface area contributed by atoms with Gasteiger partial charge in [-0.05, 0) is 19.0 Å². The van der Waals surface area contributed by atoms with Crippen LogP contribution in [-0.4, -0.2) is 32.6 Å². The maximum Gasteiger partial charge on any atom is 0.336 e. The summed E-state index contributed by atoms with van der Waals surface area (Å²) >= 11 is 0.880. The monoisotopic (exact) mass is 264 g/mol. The van der Waals surface area contributed by atoms with Gasteiger partial charge >= 0.3 is 5.97 Å². The standard InChI is InChI=1S/C8H12N2O4S2/c9-2-1-3-10-16(13,14)7-4-6(5-15-7)8(11)12/h4-5,10H,1-3,9H2,(H,11,12). The van der Waals surface area contributed by atoms with E-state index in [1.165, 1.54) is 5.38 Å². The van der Waals surface area contributed by atoms with E-state index in [2.05, 4.69) is 4.72 Å². The Hall–Kier alpha value is -0.960. The van der Waals surface area contributed by atoms with Crippen LogP contribution in [0, 0.1) is 0 Å². The van der Waals surface area contributed by atoms with E-state index in [0.29, 0.717) is 13.0 Å². The SMILES string of the molecule is NCCCNS(=O)(=O)c1cc(C(=O)O)cs1. The van der Waals surface area contributed by atoms with Crippen molar-refractivity contribution in [2.24, 2.45) is 5.73 Å². The summed E-state index contributed by atoms with van der Waals surface area (Å²) < 4.78 is 25.6. The number of sulfonamides is 1. The molecule has 0 radical (unpaired) electrons. The highest BCUT2D eigenvalue weighted by Gasteiger charge is 2.17. The zero-order valence-corrected chi connectivity index (χ0v) is 9.97. The lowest BCUT2D eigenvalue weighted by molar-refractivity contribution is 0.0697. The molecule has 0 amide bonds. The quantitative estimate of drug-likeness (QED) is 0.630. The fourth-order valence-electron chi connectivity index (χ4n) is 0.949. The first-order valence-electron chi connectivity index (χ1n) is 4.49. The minimum atomic E-state index is -3.60. The van der Waals surface area contributed by atoms with Gasteiger partial charge in [0.25, 0.3) is 0 Å². The fourth-order valence-corrected chi connectivity index (χ4v) is 3.22. The minimum absolute atomic E-state index is 0.00178. The molecule has 6 nitrogen and oxygen atoms in total. The number of thiophene rings is 1. The highest BCUT2D eigenvalue weighted by Crippen LogP contribution is 2.19. The minimum Gasteiger partial charge on any atom is -0.478 e. The van der Waals surface area contributed by atoms with Gasteiger partial charge in [0.2, 0.25) is 10.0 Å². The summed E-state index contributed by atoms with van der Waals surface area (Å²) in [6.07, 6.45) is 0.538. The van der Waals surface area contributed by atoms with E-state index in [0.717, 1.165) is 17.4 Å². The van der Waals surface area contributed by atoms with Crippen molar-refractivity contribution in [1.82, 2.24) is 4.72 Å². The van der Waals surface area contributed by atoms with Gasteiger partial charge in [-0.25, -0.2) is 17.9 Å². The number of nitrogens with two attached hydrogens (primary N) is 1. The van der Waals surface area contributed by atoms with Gasteiger partial charge in [-0.1, -0.05) is 0 Å². The van der Waals surface area contributed by atoms with E-state index in [9.17, 15) is 13.2 Å². The van der Waals surface area contributed by atoms with Crippen LogP contribution in [-0.2, 0) is 10.0 Å². The molecule has 0 saturated heterocycles. The summed E-state index contributed by atoms with van der Waals surface area (Å²) in [4.78, 5) is 10.6.